The van der Waals surface area contributed by atoms with E-state index in [2.05, 4.69) is 25.6 Å². The number of hydrogen-bond donors (Lipinski definition) is 2. The summed E-state index contributed by atoms with van der Waals surface area (Å²) in [4.78, 5) is 37.4. The largest absolute Gasteiger partial charge is 0.353 e. The van der Waals surface area contributed by atoms with Crippen LogP contribution in [-0.4, -0.2) is 39.4 Å². The zero-order valence-electron chi connectivity index (χ0n) is 14.1. The Morgan fingerprint density at radius 1 is 1.24 bits per heavy atom. The van der Waals surface area contributed by atoms with Gasteiger partial charge in [-0.15, -0.1) is 11.3 Å². The van der Waals surface area contributed by atoms with Gasteiger partial charge in [-0.25, -0.2) is 15.0 Å². The van der Waals surface area contributed by atoms with Crippen molar-refractivity contribution in [1.29, 1.82) is 0 Å². The Labute approximate surface area is 150 Å². The number of nitrogens with zero attached hydrogens (tertiary/aromatic N) is 3. The second-order valence-corrected chi connectivity index (χ2v) is 7.06. The molecule has 7 nitrogen and oxygen atoms in total. The summed E-state index contributed by atoms with van der Waals surface area (Å²) in [5.74, 6) is 0.281. The van der Waals surface area contributed by atoms with E-state index in [1.54, 1.807) is 25.4 Å². The van der Waals surface area contributed by atoms with Crippen molar-refractivity contribution < 1.29 is 9.59 Å². The summed E-state index contributed by atoms with van der Waals surface area (Å²) < 4.78 is 0. The summed E-state index contributed by atoms with van der Waals surface area (Å²) in [5, 5.41) is 6.42. The highest BCUT2D eigenvalue weighted by atomic mass is 32.1. The smallest absolute Gasteiger partial charge is 0.263 e. The van der Waals surface area contributed by atoms with Crippen LogP contribution >= 0.6 is 11.3 Å². The Morgan fingerprint density at radius 2 is 1.96 bits per heavy atom. The maximum atomic E-state index is 12.3. The predicted octanol–water partition coefficient (Wildman–Crippen LogP) is 2.09. The lowest BCUT2D eigenvalue weighted by atomic mass is 10.2. The van der Waals surface area contributed by atoms with E-state index in [-0.39, 0.29) is 18.2 Å². The molecule has 0 unspecified atom stereocenters. The van der Waals surface area contributed by atoms with E-state index in [1.165, 1.54) is 24.2 Å². The van der Waals surface area contributed by atoms with Crippen molar-refractivity contribution in [2.75, 3.05) is 6.54 Å². The summed E-state index contributed by atoms with van der Waals surface area (Å²) in [6.07, 6.45) is 8.04. The van der Waals surface area contributed by atoms with Crippen LogP contribution in [0.3, 0.4) is 0 Å². The average molecular weight is 359 g/mol. The number of thiazole rings is 1. The summed E-state index contributed by atoms with van der Waals surface area (Å²) in [6, 6.07) is 2.04. The average Bonchev–Trinajstić information content (AvgIpc) is 3.25. The van der Waals surface area contributed by atoms with Crippen molar-refractivity contribution in [2.24, 2.45) is 0 Å². The van der Waals surface area contributed by atoms with E-state index in [0.717, 1.165) is 12.8 Å². The monoisotopic (exact) mass is 359 g/mol. The molecule has 0 saturated heterocycles. The van der Waals surface area contributed by atoms with E-state index in [9.17, 15) is 9.59 Å². The third-order valence-electron chi connectivity index (χ3n) is 4.12. The fraction of sp³-hybridized carbons (Fsp3) is 0.471. The lowest BCUT2D eigenvalue weighted by Crippen LogP contribution is -2.35. The van der Waals surface area contributed by atoms with Crippen molar-refractivity contribution in [3.05, 3.63) is 29.0 Å². The van der Waals surface area contributed by atoms with Gasteiger partial charge in [0, 0.05) is 31.4 Å². The molecule has 2 N–H and O–H groups in total. The summed E-state index contributed by atoms with van der Waals surface area (Å²) in [5.41, 5.74) is 0.639. The molecular weight excluding hydrogens is 338 g/mol. The molecule has 0 radical (unpaired) electrons. The molecule has 2 heterocycles. The van der Waals surface area contributed by atoms with Crippen LogP contribution in [0.15, 0.2) is 18.5 Å². The van der Waals surface area contributed by atoms with Crippen molar-refractivity contribution >= 4 is 23.2 Å². The highest BCUT2D eigenvalue weighted by molar-refractivity contribution is 7.17. The fourth-order valence-corrected chi connectivity index (χ4v) is 3.78. The Balaban J connectivity index is 1.51. The minimum atomic E-state index is -0.217. The normalized spacial score (nSPS) is 14.4. The first-order valence-corrected chi connectivity index (χ1v) is 9.27. The summed E-state index contributed by atoms with van der Waals surface area (Å²) >= 11 is 1.26. The zero-order valence-corrected chi connectivity index (χ0v) is 14.9. The standard InChI is InChI=1S/C17H21N5O2S/c1-11-14(25-17(21-11)15-18-8-4-9-19-15)16(24)20-10-7-13(23)22-12-5-2-3-6-12/h4,8-9,12H,2-3,5-7,10H2,1H3,(H,20,24)(H,22,23). The Morgan fingerprint density at radius 3 is 2.68 bits per heavy atom. The minimum Gasteiger partial charge on any atom is -0.353 e. The molecule has 1 aliphatic carbocycles. The number of nitrogens with one attached hydrogen (secondary N) is 2. The molecule has 1 saturated carbocycles. The molecule has 25 heavy (non-hydrogen) atoms. The van der Waals surface area contributed by atoms with E-state index < -0.39 is 0 Å². The number of carbonyl (C=O) groups excluding carboxylic acids is 2. The molecule has 132 valence electrons. The van der Waals surface area contributed by atoms with Crippen LogP contribution in [0.5, 0.6) is 0 Å². The molecule has 0 atom stereocenters. The fourth-order valence-electron chi connectivity index (χ4n) is 2.85. The molecule has 0 spiro atoms. The lowest BCUT2D eigenvalue weighted by Gasteiger charge is -2.11. The first-order valence-electron chi connectivity index (χ1n) is 8.46. The molecule has 3 rings (SSSR count). The molecule has 1 fully saturated rings. The van der Waals surface area contributed by atoms with Gasteiger partial charge >= 0.3 is 0 Å². The van der Waals surface area contributed by atoms with Crippen LogP contribution in [-0.2, 0) is 4.79 Å². The molecule has 1 aliphatic rings. The van der Waals surface area contributed by atoms with Gasteiger partial charge in [0.15, 0.2) is 10.8 Å². The predicted molar refractivity (Wildman–Crippen MR) is 95.2 cm³/mol. The van der Waals surface area contributed by atoms with Gasteiger partial charge in [-0.3, -0.25) is 9.59 Å². The molecular formula is C17H21N5O2S. The maximum Gasteiger partial charge on any atom is 0.263 e. The van der Waals surface area contributed by atoms with Crippen LogP contribution in [0.2, 0.25) is 0 Å². The molecule has 2 amide bonds. The van der Waals surface area contributed by atoms with Gasteiger partial charge in [0.1, 0.15) is 4.88 Å². The van der Waals surface area contributed by atoms with Crippen molar-refractivity contribution in [3.63, 3.8) is 0 Å². The Hall–Kier alpha value is -2.35. The SMILES string of the molecule is Cc1nc(-c2ncccn2)sc1C(=O)NCCC(=O)NC1CCCC1. The van der Waals surface area contributed by atoms with Crippen molar-refractivity contribution in [1.82, 2.24) is 25.6 Å². The van der Waals surface area contributed by atoms with E-state index in [4.69, 9.17) is 0 Å². The third kappa shape index (κ3) is 4.60. The highest BCUT2D eigenvalue weighted by Crippen LogP contribution is 2.25. The van der Waals surface area contributed by atoms with Crippen LogP contribution in [0, 0.1) is 6.92 Å². The number of amides is 2. The van der Waals surface area contributed by atoms with Crippen molar-refractivity contribution in [3.8, 4) is 10.8 Å². The molecule has 2 aromatic heterocycles. The molecule has 0 aliphatic heterocycles. The number of rotatable bonds is 6. The van der Waals surface area contributed by atoms with Gasteiger partial charge in [-0.1, -0.05) is 12.8 Å². The van der Waals surface area contributed by atoms with Crippen LogP contribution in [0.4, 0.5) is 0 Å². The van der Waals surface area contributed by atoms with Gasteiger partial charge < -0.3 is 10.6 Å². The highest BCUT2D eigenvalue weighted by Gasteiger charge is 2.19. The summed E-state index contributed by atoms with van der Waals surface area (Å²) in [6.45, 7) is 2.09. The zero-order chi connectivity index (χ0) is 17.6. The van der Waals surface area contributed by atoms with Crippen LogP contribution in [0.1, 0.15) is 47.5 Å². The second kappa shape index (κ2) is 8.15. The first kappa shape index (κ1) is 17.5. The molecule has 8 heteroatoms. The van der Waals surface area contributed by atoms with E-state index >= 15 is 0 Å². The topological polar surface area (TPSA) is 96.9 Å². The van der Waals surface area contributed by atoms with E-state index in [1.807, 2.05) is 0 Å². The quantitative estimate of drug-likeness (QED) is 0.823. The Bertz CT molecular complexity index is 741. The van der Waals surface area contributed by atoms with Crippen molar-refractivity contribution in [2.45, 2.75) is 45.1 Å². The maximum absolute atomic E-state index is 12.3. The number of aryl methyl sites for hydroxylation is 1. The molecule has 0 aromatic carbocycles. The van der Waals surface area contributed by atoms with Gasteiger partial charge in [0.25, 0.3) is 5.91 Å². The lowest BCUT2D eigenvalue weighted by molar-refractivity contribution is -0.121. The van der Waals surface area contributed by atoms with Gasteiger partial charge in [-0.2, -0.15) is 0 Å². The van der Waals surface area contributed by atoms with E-state index in [0.29, 0.717) is 34.0 Å². The van der Waals surface area contributed by atoms with Gasteiger partial charge in [0.05, 0.1) is 5.69 Å². The van der Waals surface area contributed by atoms with Crippen LogP contribution in [0.25, 0.3) is 10.8 Å². The Kier molecular flexibility index (Phi) is 5.70. The third-order valence-corrected chi connectivity index (χ3v) is 5.27. The number of carbonyl (C=O) groups is 2. The summed E-state index contributed by atoms with van der Waals surface area (Å²) in [7, 11) is 0. The molecule has 0 bridgehead atoms. The van der Waals surface area contributed by atoms with Gasteiger partial charge in [-0.05, 0) is 25.8 Å². The van der Waals surface area contributed by atoms with Gasteiger partial charge in [0.2, 0.25) is 5.91 Å². The van der Waals surface area contributed by atoms with Crippen LogP contribution < -0.4 is 10.6 Å². The molecule has 2 aromatic rings. The number of hydrogen-bond acceptors (Lipinski definition) is 6. The first-order chi connectivity index (χ1) is 12.1. The number of aromatic nitrogens is 3. The second-order valence-electron chi connectivity index (χ2n) is 6.06. The minimum absolute atomic E-state index is 0.00778.